The summed E-state index contributed by atoms with van der Waals surface area (Å²) in [4.78, 5) is 14.1. The van der Waals surface area contributed by atoms with E-state index in [0.717, 1.165) is 44.6 Å². The lowest BCUT2D eigenvalue weighted by molar-refractivity contribution is 0.533. The first-order valence-electron chi connectivity index (χ1n) is 10.4. The molecule has 0 atom stereocenters. The fourth-order valence-electron chi connectivity index (χ4n) is 3.90. The Bertz CT molecular complexity index is 1390. The zero-order chi connectivity index (χ0) is 22.1. The van der Waals surface area contributed by atoms with Crippen molar-refractivity contribution in [3.05, 3.63) is 96.0 Å². The average molecular weight is 424 g/mol. The molecule has 0 radical (unpaired) electrons. The first-order chi connectivity index (χ1) is 15.6. The summed E-state index contributed by atoms with van der Waals surface area (Å²) in [5, 5.41) is 4.26. The van der Waals surface area contributed by atoms with Gasteiger partial charge in [-0.15, -0.1) is 0 Å². The molecule has 0 spiro atoms. The summed E-state index contributed by atoms with van der Waals surface area (Å²) < 4.78 is 19.6. The zero-order valence-corrected chi connectivity index (χ0v) is 17.8. The van der Waals surface area contributed by atoms with Crippen molar-refractivity contribution in [3.63, 3.8) is 0 Å². The molecule has 5 aromatic rings. The highest BCUT2D eigenvalue weighted by Gasteiger charge is 2.18. The maximum absolute atomic E-state index is 14.0. The second-order valence-corrected chi connectivity index (χ2v) is 7.63. The fourth-order valence-corrected chi connectivity index (χ4v) is 3.90. The molecule has 5 nitrogen and oxygen atoms in total. The van der Waals surface area contributed by atoms with Gasteiger partial charge in [-0.1, -0.05) is 30.3 Å². The molecule has 5 rings (SSSR count). The Morgan fingerprint density at radius 1 is 0.969 bits per heavy atom. The highest BCUT2D eigenvalue weighted by Crippen LogP contribution is 2.35. The summed E-state index contributed by atoms with van der Waals surface area (Å²) in [6.45, 7) is 4.37. The molecule has 0 bridgehead atoms. The first kappa shape index (κ1) is 19.9. The molecule has 158 valence electrons. The summed E-state index contributed by atoms with van der Waals surface area (Å²) in [5.41, 5.74) is 5.13. The van der Waals surface area contributed by atoms with E-state index in [-0.39, 0.29) is 5.82 Å². The van der Waals surface area contributed by atoms with Crippen LogP contribution in [0.5, 0.6) is 0 Å². The van der Waals surface area contributed by atoms with Gasteiger partial charge in [-0.05, 0) is 60.9 Å². The number of benzene rings is 2. The van der Waals surface area contributed by atoms with Crippen LogP contribution in [0.2, 0.25) is 0 Å². The number of aryl methyl sites for hydroxylation is 2. The summed E-state index contributed by atoms with van der Waals surface area (Å²) >= 11 is 0. The lowest BCUT2D eigenvalue weighted by Gasteiger charge is -2.14. The van der Waals surface area contributed by atoms with Crippen LogP contribution in [0.25, 0.3) is 33.4 Å². The van der Waals surface area contributed by atoms with Gasteiger partial charge in [0.15, 0.2) is 5.82 Å². The standard InChI is InChI=1S/C26H21FN4O/c1-16-15-32-17(2)23(16)26-30-22-11-6-10-21(18-7-5-8-19(27)13-18)24(22)25(31-26)29-14-20-9-3-4-12-28-20/h3-13,15H,14H2,1-2H3,(H,29,30,31). The lowest BCUT2D eigenvalue weighted by Crippen LogP contribution is -2.06. The van der Waals surface area contributed by atoms with E-state index in [1.165, 1.54) is 12.1 Å². The zero-order valence-electron chi connectivity index (χ0n) is 17.8. The Hall–Kier alpha value is -4.06. The second-order valence-electron chi connectivity index (χ2n) is 7.63. The van der Waals surface area contributed by atoms with Gasteiger partial charge in [0, 0.05) is 6.20 Å². The molecule has 0 aliphatic heterocycles. The summed E-state index contributed by atoms with van der Waals surface area (Å²) in [5.74, 6) is 1.72. The lowest BCUT2D eigenvalue weighted by atomic mass is 10.00. The molecule has 6 heteroatoms. The molecule has 0 amide bonds. The van der Waals surface area contributed by atoms with Crippen molar-refractivity contribution in [2.45, 2.75) is 20.4 Å². The Labute approximate surface area is 185 Å². The highest BCUT2D eigenvalue weighted by molar-refractivity contribution is 6.02. The molecule has 0 saturated heterocycles. The Balaban J connectivity index is 1.71. The largest absolute Gasteiger partial charge is 0.469 e. The number of nitrogens with one attached hydrogen (secondary N) is 1. The molecular formula is C26H21FN4O. The quantitative estimate of drug-likeness (QED) is 0.358. The first-order valence-corrected chi connectivity index (χ1v) is 10.4. The highest BCUT2D eigenvalue weighted by atomic mass is 19.1. The molecule has 0 aliphatic carbocycles. The number of nitrogens with zero attached hydrogens (tertiary/aromatic N) is 3. The smallest absolute Gasteiger partial charge is 0.165 e. The van der Waals surface area contributed by atoms with E-state index in [9.17, 15) is 4.39 Å². The van der Waals surface area contributed by atoms with Crippen LogP contribution in [-0.4, -0.2) is 15.0 Å². The van der Waals surface area contributed by atoms with Gasteiger partial charge in [-0.25, -0.2) is 14.4 Å². The predicted octanol–water partition coefficient (Wildman–Crippen LogP) is 6.32. The monoisotopic (exact) mass is 424 g/mol. The number of aromatic nitrogens is 3. The normalized spacial score (nSPS) is 11.1. The molecule has 3 aromatic heterocycles. The van der Waals surface area contributed by atoms with Crippen LogP contribution >= 0.6 is 0 Å². The number of fused-ring (bicyclic) bond motifs is 1. The average Bonchev–Trinajstić information content (AvgIpc) is 3.15. The maximum Gasteiger partial charge on any atom is 0.165 e. The third-order valence-electron chi connectivity index (χ3n) is 5.40. The Kier molecular flexibility index (Phi) is 5.11. The van der Waals surface area contributed by atoms with Gasteiger partial charge >= 0.3 is 0 Å². The Morgan fingerprint density at radius 2 is 1.84 bits per heavy atom. The minimum absolute atomic E-state index is 0.287. The molecule has 1 N–H and O–H groups in total. The van der Waals surface area contributed by atoms with Crippen molar-refractivity contribution in [2.24, 2.45) is 0 Å². The topological polar surface area (TPSA) is 63.8 Å². The molecule has 32 heavy (non-hydrogen) atoms. The Morgan fingerprint density at radius 3 is 2.59 bits per heavy atom. The van der Waals surface area contributed by atoms with Crippen molar-refractivity contribution in [1.29, 1.82) is 0 Å². The SMILES string of the molecule is Cc1coc(C)c1-c1nc(NCc2ccccn2)c2c(-c3cccc(F)c3)cccc2n1. The van der Waals surface area contributed by atoms with Gasteiger partial charge in [-0.3, -0.25) is 4.98 Å². The van der Waals surface area contributed by atoms with Crippen LogP contribution in [-0.2, 0) is 6.54 Å². The van der Waals surface area contributed by atoms with Crippen LogP contribution in [0.15, 0.2) is 77.5 Å². The van der Waals surface area contributed by atoms with Crippen molar-refractivity contribution in [2.75, 3.05) is 5.32 Å². The van der Waals surface area contributed by atoms with Crippen molar-refractivity contribution in [3.8, 4) is 22.5 Å². The van der Waals surface area contributed by atoms with Gasteiger partial charge < -0.3 is 9.73 Å². The van der Waals surface area contributed by atoms with E-state index < -0.39 is 0 Å². The number of rotatable bonds is 5. The van der Waals surface area contributed by atoms with Crippen LogP contribution in [0.1, 0.15) is 17.0 Å². The van der Waals surface area contributed by atoms with E-state index in [2.05, 4.69) is 10.3 Å². The van der Waals surface area contributed by atoms with Crippen LogP contribution < -0.4 is 5.32 Å². The summed E-state index contributed by atoms with van der Waals surface area (Å²) in [6.07, 6.45) is 3.47. The van der Waals surface area contributed by atoms with Gasteiger partial charge in [0.1, 0.15) is 17.4 Å². The molecule has 0 unspecified atom stereocenters. The van der Waals surface area contributed by atoms with E-state index in [4.69, 9.17) is 14.4 Å². The van der Waals surface area contributed by atoms with Crippen molar-refractivity contribution >= 4 is 16.7 Å². The molecule has 0 aliphatic rings. The molecule has 0 fully saturated rings. The maximum atomic E-state index is 14.0. The van der Waals surface area contributed by atoms with Crippen LogP contribution in [0.4, 0.5) is 10.2 Å². The number of hydrogen-bond acceptors (Lipinski definition) is 5. The van der Waals surface area contributed by atoms with E-state index in [1.807, 2.05) is 56.3 Å². The number of pyridine rings is 1. The second kappa shape index (κ2) is 8.23. The number of anilines is 1. The number of hydrogen-bond donors (Lipinski definition) is 1. The summed E-state index contributed by atoms with van der Waals surface area (Å²) in [6, 6.07) is 18.2. The van der Waals surface area contributed by atoms with Gasteiger partial charge in [0.05, 0.1) is 35.0 Å². The van der Waals surface area contributed by atoms with Crippen LogP contribution in [0, 0.1) is 19.7 Å². The van der Waals surface area contributed by atoms with Crippen molar-refractivity contribution in [1.82, 2.24) is 15.0 Å². The number of furan rings is 1. The molecular weight excluding hydrogens is 403 g/mol. The molecule has 3 heterocycles. The minimum atomic E-state index is -0.287. The predicted molar refractivity (Wildman–Crippen MR) is 124 cm³/mol. The third kappa shape index (κ3) is 3.71. The van der Waals surface area contributed by atoms with Gasteiger partial charge in [-0.2, -0.15) is 0 Å². The minimum Gasteiger partial charge on any atom is -0.469 e. The third-order valence-corrected chi connectivity index (χ3v) is 5.40. The summed E-state index contributed by atoms with van der Waals surface area (Å²) in [7, 11) is 0. The number of halogens is 1. The van der Waals surface area contributed by atoms with Gasteiger partial charge in [0.2, 0.25) is 0 Å². The van der Waals surface area contributed by atoms with E-state index in [1.54, 1.807) is 18.5 Å². The van der Waals surface area contributed by atoms with Crippen LogP contribution in [0.3, 0.4) is 0 Å². The molecule has 2 aromatic carbocycles. The van der Waals surface area contributed by atoms with Gasteiger partial charge in [0.25, 0.3) is 0 Å². The van der Waals surface area contributed by atoms with E-state index in [0.29, 0.717) is 18.2 Å². The molecule has 0 saturated carbocycles. The van der Waals surface area contributed by atoms with Crippen molar-refractivity contribution < 1.29 is 8.81 Å². The fraction of sp³-hybridized carbons (Fsp3) is 0.115. The van der Waals surface area contributed by atoms with E-state index >= 15 is 0 Å².